The SMILES string of the molecule is CN=C(NCCNC(=O)c1ccc(C)c(F)c1)NCC1(C(=O)N(C)C)CCCC1. The number of amides is 2. The van der Waals surface area contributed by atoms with Crippen molar-refractivity contribution in [2.75, 3.05) is 40.8 Å². The molecule has 0 aromatic heterocycles. The van der Waals surface area contributed by atoms with E-state index < -0.39 is 5.82 Å². The van der Waals surface area contributed by atoms with E-state index in [2.05, 4.69) is 20.9 Å². The molecule has 0 saturated heterocycles. The van der Waals surface area contributed by atoms with Crippen molar-refractivity contribution in [1.82, 2.24) is 20.9 Å². The summed E-state index contributed by atoms with van der Waals surface area (Å²) in [6, 6.07) is 4.42. The summed E-state index contributed by atoms with van der Waals surface area (Å²) in [5, 5.41) is 9.13. The number of rotatable bonds is 7. The van der Waals surface area contributed by atoms with Gasteiger partial charge in [0, 0.05) is 46.3 Å². The van der Waals surface area contributed by atoms with E-state index in [4.69, 9.17) is 0 Å². The Bertz CT molecular complexity index is 757. The van der Waals surface area contributed by atoms with E-state index in [9.17, 15) is 14.0 Å². The third-order valence-electron chi connectivity index (χ3n) is 5.38. The summed E-state index contributed by atoms with van der Waals surface area (Å²) in [5.41, 5.74) is 0.414. The molecule has 1 aliphatic rings. The van der Waals surface area contributed by atoms with Crippen molar-refractivity contribution in [2.24, 2.45) is 10.4 Å². The van der Waals surface area contributed by atoms with Gasteiger partial charge in [0.2, 0.25) is 5.91 Å². The highest BCUT2D eigenvalue weighted by Crippen LogP contribution is 2.38. The van der Waals surface area contributed by atoms with Crippen molar-refractivity contribution >= 4 is 17.8 Å². The van der Waals surface area contributed by atoms with E-state index in [1.54, 1.807) is 45.1 Å². The summed E-state index contributed by atoms with van der Waals surface area (Å²) < 4.78 is 13.6. The largest absolute Gasteiger partial charge is 0.355 e. The molecule has 1 aromatic carbocycles. The predicted molar refractivity (Wildman–Crippen MR) is 112 cm³/mol. The zero-order valence-electron chi connectivity index (χ0n) is 17.8. The number of hydrogen-bond acceptors (Lipinski definition) is 3. The first-order chi connectivity index (χ1) is 13.8. The van der Waals surface area contributed by atoms with Crippen molar-refractivity contribution in [3.05, 3.63) is 35.1 Å². The molecule has 1 saturated carbocycles. The lowest BCUT2D eigenvalue weighted by atomic mass is 9.84. The quantitative estimate of drug-likeness (QED) is 0.366. The second-order valence-corrected chi connectivity index (χ2v) is 7.76. The molecule has 1 aliphatic carbocycles. The molecular weight excluding hydrogens is 373 g/mol. The smallest absolute Gasteiger partial charge is 0.251 e. The first-order valence-corrected chi connectivity index (χ1v) is 10.00. The van der Waals surface area contributed by atoms with Gasteiger partial charge >= 0.3 is 0 Å². The Kier molecular flexibility index (Phi) is 7.99. The number of nitrogens with one attached hydrogen (secondary N) is 3. The zero-order chi connectivity index (χ0) is 21.4. The first kappa shape index (κ1) is 22.6. The molecule has 160 valence electrons. The minimum atomic E-state index is -0.395. The molecule has 3 N–H and O–H groups in total. The summed E-state index contributed by atoms with van der Waals surface area (Å²) in [4.78, 5) is 30.6. The molecule has 29 heavy (non-hydrogen) atoms. The van der Waals surface area contributed by atoms with Gasteiger partial charge in [-0.1, -0.05) is 18.9 Å². The second-order valence-electron chi connectivity index (χ2n) is 7.76. The van der Waals surface area contributed by atoms with Crippen LogP contribution in [-0.2, 0) is 4.79 Å². The van der Waals surface area contributed by atoms with E-state index in [0.717, 1.165) is 25.7 Å². The molecule has 8 heteroatoms. The average molecular weight is 406 g/mol. The van der Waals surface area contributed by atoms with Crippen LogP contribution in [0.2, 0.25) is 0 Å². The van der Waals surface area contributed by atoms with E-state index in [1.165, 1.54) is 6.07 Å². The molecule has 1 aromatic rings. The van der Waals surface area contributed by atoms with Gasteiger partial charge in [0.1, 0.15) is 5.82 Å². The first-order valence-electron chi connectivity index (χ1n) is 10.00. The van der Waals surface area contributed by atoms with E-state index in [-0.39, 0.29) is 17.2 Å². The third-order valence-corrected chi connectivity index (χ3v) is 5.38. The van der Waals surface area contributed by atoms with Gasteiger partial charge in [0.25, 0.3) is 5.91 Å². The maximum Gasteiger partial charge on any atom is 0.251 e. The number of benzene rings is 1. The van der Waals surface area contributed by atoms with Crippen LogP contribution in [0.15, 0.2) is 23.2 Å². The summed E-state index contributed by atoms with van der Waals surface area (Å²) in [6.07, 6.45) is 3.85. The van der Waals surface area contributed by atoms with Crippen molar-refractivity contribution in [3.63, 3.8) is 0 Å². The van der Waals surface area contributed by atoms with Crippen LogP contribution in [0, 0.1) is 18.2 Å². The van der Waals surface area contributed by atoms with Crippen LogP contribution in [-0.4, -0.2) is 63.5 Å². The lowest BCUT2D eigenvalue weighted by molar-refractivity contribution is -0.138. The van der Waals surface area contributed by atoms with Crippen LogP contribution in [0.5, 0.6) is 0 Å². The Balaban J connectivity index is 1.79. The highest BCUT2D eigenvalue weighted by atomic mass is 19.1. The Hall–Kier alpha value is -2.64. The minimum Gasteiger partial charge on any atom is -0.355 e. The molecule has 1 fully saturated rings. The Labute approximate surface area is 172 Å². The van der Waals surface area contributed by atoms with Gasteiger partial charge in [0.15, 0.2) is 5.96 Å². The Morgan fingerprint density at radius 3 is 2.38 bits per heavy atom. The number of nitrogens with zero attached hydrogens (tertiary/aromatic N) is 2. The molecule has 0 unspecified atom stereocenters. The van der Waals surface area contributed by atoms with Crippen molar-refractivity contribution in [3.8, 4) is 0 Å². The van der Waals surface area contributed by atoms with E-state index in [1.807, 2.05) is 0 Å². The molecule has 7 nitrogen and oxygen atoms in total. The number of aryl methyl sites for hydroxylation is 1. The maximum atomic E-state index is 13.6. The van der Waals surface area contributed by atoms with Crippen LogP contribution in [0.25, 0.3) is 0 Å². The van der Waals surface area contributed by atoms with Gasteiger partial charge in [-0.2, -0.15) is 0 Å². The summed E-state index contributed by atoms with van der Waals surface area (Å²) in [5.74, 6) is 0.0117. The lowest BCUT2D eigenvalue weighted by Gasteiger charge is -2.31. The van der Waals surface area contributed by atoms with Crippen molar-refractivity contribution in [1.29, 1.82) is 0 Å². The molecule has 0 atom stereocenters. The maximum absolute atomic E-state index is 13.6. The van der Waals surface area contributed by atoms with Gasteiger partial charge in [-0.3, -0.25) is 14.6 Å². The average Bonchev–Trinajstić information content (AvgIpc) is 3.18. The fourth-order valence-electron chi connectivity index (χ4n) is 3.66. The van der Waals surface area contributed by atoms with Crippen LogP contribution in [0.4, 0.5) is 4.39 Å². The Morgan fingerprint density at radius 1 is 1.14 bits per heavy atom. The third kappa shape index (κ3) is 5.92. The summed E-state index contributed by atoms with van der Waals surface area (Å²) in [6.45, 7) is 2.99. The van der Waals surface area contributed by atoms with Crippen LogP contribution in [0.3, 0.4) is 0 Å². The monoisotopic (exact) mass is 405 g/mol. The molecule has 0 aliphatic heterocycles. The predicted octanol–water partition coefficient (Wildman–Crippen LogP) is 1.68. The van der Waals surface area contributed by atoms with E-state index >= 15 is 0 Å². The Morgan fingerprint density at radius 2 is 1.79 bits per heavy atom. The summed E-state index contributed by atoms with van der Waals surface area (Å²) in [7, 11) is 5.24. The summed E-state index contributed by atoms with van der Waals surface area (Å²) >= 11 is 0. The fraction of sp³-hybridized carbons (Fsp3) is 0.571. The topological polar surface area (TPSA) is 85.8 Å². The van der Waals surface area contributed by atoms with Gasteiger partial charge in [-0.15, -0.1) is 0 Å². The number of hydrogen-bond donors (Lipinski definition) is 3. The standard InChI is InChI=1S/C21H32FN5O2/c1-15-7-8-16(13-17(15)22)18(28)24-11-12-25-20(23-2)26-14-21(9-5-6-10-21)19(29)27(3)4/h7-8,13H,5-6,9-12,14H2,1-4H3,(H,24,28)(H2,23,25,26). The molecule has 0 radical (unpaired) electrons. The number of guanidine groups is 1. The number of carbonyl (C=O) groups is 2. The molecular formula is C21H32FN5O2. The van der Waals surface area contributed by atoms with Gasteiger partial charge < -0.3 is 20.9 Å². The lowest BCUT2D eigenvalue weighted by Crippen LogP contribution is -2.50. The normalized spacial score (nSPS) is 15.7. The van der Waals surface area contributed by atoms with Gasteiger partial charge in [-0.05, 0) is 37.5 Å². The molecule has 2 rings (SSSR count). The molecule has 2 amide bonds. The van der Waals surface area contributed by atoms with Crippen molar-refractivity contribution < 1.29 is 14.0 Å². The highest BCUT2D eigenvalue weighted by Gasteiger charge is 2.42. The van der Waals surface area contributed by atoms with Crippen LogP contribution >= 0.6 is 0 Å². The zero-order valence-corrected chi connectivity index (χ0v) is 17.8. The second kappa shape index (κ2) is 10.2. The molecule has 0 heterocycles. The van der Waals surface area contributed by atoms with Crippen LogP contribution < -0.4 is 16.0 Å². The number of halogens is 1. The van der Waals surface area contributed by atoms with Crippen molar-refractivity contribution in [2.45, 2.75) is 32.6 Å². The van der Waals surface area contributed by atoms with E-state index in [0.29, 0.717) is 36.7 Å². The minimum absolute atomic E-state index is 0.149. The van der Waals surface area contributed by atoms with Crippen LogP contribution in [0.1, 0.15) is 41.6 Å². The fourth-order valence-corrected chi connectivity index (χ4v) is 3.66. The van der Waals surface area contributed by atoms with Gasteiger partial charge in [0.05, 0.1) is 5.41 Å². The molecule has 0 spiro atoms. The highest BCUT2D eigenvalue weighted by molar-refractivity contribution is 5.94. The number of aliphatic imine (C=N–C) groups is 1. The number of carbonyl (C=O) groups excluding carboxylic acids is 2. The van der Waals surface area contributed by atoms with Gasteiger partial charge in [-0.25, -0.2) is 4.39 Å². The molecule has 0 bridgehead atoms.